The summed E-state index contributed by atoms with van der Waals surface area (Å²) in [6, 6.07) is 3.21. The van der Waals surface area contributed by atoms with Gasteiger partial charge in [-0.05, 0) is 6.07 Å². The summed E-state index contributed by atoms with van der Waals surface area (Å²) < 4.78 is 5.01. The Bertz CT molecular complexity index is 516. The zero-order chi connectivity index (χ0) is 12.1. The number of ether oxygens (including phenoxy) is 1. The fourth-order valence-electron chi connectivity index (χ4n) is 1.21. The van der Waals surface area contributed by atoms with E-state index in [1.165, 1.54) is 31.9 Å². The number of anilines is 1. The molecule has 6 heteroatoms. The first kappa shape index (κ1) is 11.0. The second-order valence-electron chi connectivity index (χ2n) is 3.13. The van der Waals surface area contributed by atoms with Crippen LogP contribution in [0.3, 0.4) is 0 Å². The van der Waals surface area contributed by atoms with Gasteiger partial charge in [-0.15, -0.1) is 0 Å². The van der Waals surface area contributed by atoms with Crippen LogP contribution in [0.25, 0.3) is 0 Å². The van der Waals surface area contributed by atoms with Gasteiger partial charge >= 0.3 is 0 Å². The van der Waals surface area contributed by atoms with E-state index in [0.717, 1.165) is 0 Å². The molecule has 2 aromatic rings. The van der Waals surface area contributed by atoms with Crippen molar-refractivity contribution in [3.8, 4) is 5.75 Å². The van der Waals surface area contributed by atoms with Gasteiger partial charge in [0.1, 0.15) is 11.4 Å². The fraction of sp³-hybridized carbons (Fsp3) is 0.0909. The molecule has 6 nitrogen and oxygen atoms in total. The van der Waals surface area contributed by atoms with Gasteiger partial charge in [-0.25, -0.2) is 4.98 Å². The van der Waals surface area contributed by atoms with Crippen LogP contribution in [0.15, 0.2) is 36.9 Å². The van der Waals surface area contributed by atoms with Crippen molar-refractivity contribution in [2.24, 2.45) is 0 Å². The molecular weight excluding hydrogens is 220 g/mol. The summed E-state index contributed by atoms with van der Waals surface area (Å²) in [7, 11) is 1.53. The summed E-state index contributed by atoms with van der Waals surface area (Å²) in [6.45, 7) is 0. The Balaban J connectivity index is 2.14. The summed E-state index contributed by atoms with van der Waals surface area (Å²) in [4.78, 5) is 23.5. The number of amides is 1. The van der Waals surface area contributed by atoms with E-state index in [1.54, 1.807) is 12.1 Å². The van der Waals surface area contributed by atoms with Gasteiger partial charge in [-0.3, -0.25) is 14.8 Å². The number of methoxy groups -OCH3 is 1. The monoisotopic (exact) mass is 230 g/mol. The Hall–Kier alpha value is -2.50. The van der Waals surface area contributed by atoms with Crippen molar-refractivity contribution in [1.29, 1.82) is 0 Å². The topological polar surface area (TPSA) is 77.0 Å². The van der Waals surface area contributed by atoms with E-state index >= 15 is 0 Å². The Labute approximate surface area is 97.7 Å². The van der Waals surface area contributed by atoms with E-state index in [9.17, 15) is 4.79 Å². The number of nitrogens with zero attached hydrogens (tertiary/aromatic N) is 3. The van der Waals surface area contributed by atoms with Gasteiger partial charge in [-0.1, -0.05) is 0 Å². The Morgan fingerprint density at radius 3 is 2.88 bits per heavy atom. The van der Waals surface area contributed by atoms with Crippen LogP contribution >= 0.6 is 0 Å². The highest BCUT2D eigenvalue weighted by molar-refractivity contribution is 6.02. The highest BCUT2D eigenvalue weighted by Crippen LogP contribution is 2.11. The molecule has 86 valence electrons. The van der Waals surface area contributed by atoms with E-state index in [2.05, 4.69) is 20.3 Å². The van der Waals surface area contributed by atoms with E-state index in [-0.39, 0.29) is 11.6 Å². The van der Waals surface area contributed by atoms with Gasteiger partial charge in [0.05, 0.1) is 13.3 Å². The molecule has 17 heavy (non-hydrogen) atoms. The average Bonchev–Trinajstić information content (AvgIpc) is 2.40. The standard InChI is InChI=1S/C11H10N4O2/c1-17-8-2-3-13-9(6-8)11(16)15-10-7-12-4-5-14-10/h2-7H,1H3,(H,14,15,16). The Morgan fingerprint density at radius 1 is 1.29 bits per heavy atom. The number of rotatable bonds is 3. The Kier molecular flexibility index (Phi) is 3.25. The van der Waals surface area contributed by atoms with Crippen molar-refractivity contribution in [3.63, 3.8) is 0 Å². The van der Waals surface area contributed by atoms with E-state index < -0.39 is 0 Å². The molecule has 0 saturated carbocycles. The molecule has 0 aliphatic heterocycles. The van der Waals surface area contributed by atoms with Crippen molar-refractivity contribution in [3.05, 3.63) is 42.6 Å². The molecule has 1 amide bonds. The van der Waals surface area contributed by atoms with Crippen molar-refractivity contribution in [2.75, 3.05) is 12.4 Å². The van der Waals surface area contributed by atoms with Gasteiger partial charge in [-0.2, -0.15) is 0 Å². The number of aromatic nitrogens is 3. The van der Waals surface area contributed by atoms with Crippen LogP contribution in [0, 0.1) is 0 Å². The summed E-state index contributed by atoms with van der Waals surface area (Å²) >= 11 is 0. The quantitative estimate of drug-likeness (QED) is 0.855. The lowest BCUT2D eigenvalue weighted by Gasteiger charge is -2.04. The maximum absolute atomic E-state index is 11.8. The molecule has 2 heterocycles. The van der Waals surface area contributed by atoms with Crippen molar-refractivity contribution < 1.29 is 9.53 Å². The first-order chi connectivity index (χ1) is 8.29. The number of carbonyl (C=O) groups is 1. The van der Waals surface area contributed by atoms with Gasteiger partial charge in [0.15, 0.2) is 5.82 Å². The van der Waals surface area contributed by atoms with Crippen LogP contribution in [0.2, 0.25) is 0 Å². The average molecular weight is 230 g/mol. The minimum Gasteiger partial charge on any atom is -0.497 e. The molecule has 0 unspecified atom stereocenters. The zero-order valence-corrected chi connectivity index (χ0v) is 9.12. The maximum Gasteiger partial charge on any atom is 0.275 e. The molecule has 0 bridgehead atoms. The van der Waals surface area contributed by atoms with E-state index in [4.69, 9.17) is 4.74 Å². The van der Waals surface area contributed by atoms with Crippen molar-refractivity contribution >= 4 is 11.7 Å². The first-order valence-corrected chi connectivity index (χ1v) is 4.87. The lowest BCUT2D eigenvalue weighted by Crippen LogP contribution is -2.14. The molecule has 2 aromatic heterocycles. The summed E-state index contributed by atoms with van der Waals surface area (Å²) in [6.07, 6.45) is 5.98. The molecular formula is C11H10N4O2. The number of pyridine rings is 1. The lowest BCUT2D eigenvalue weighted by molar-refractivity contribution is 0.102. The summed E-state index contributed by atoms with van der Waals surface area (Å²) in [5, 5.41) is 2.58. The molecule has 0 atom stereocenters. The second kappa shape index (κ2) is 5.02. The molecule has 2 rings (SSSR count). The van der Waals surface area contributed by atoms with E-state index in [0.29, 0.717) is 11.6 Å². The van der Waals surface area contributed by atoms with Crippen LogP contribution in [0.5, 0.6) is 5.75 Å². The van der Waals surface area contributed by atoms with Gasteiger partial charge < -0.3 is 10.1 Å². The molecule has 0 radical (unpaired) electrons. The molecule has 0 aliphatic rings. The van der Waals surface area contributed by atoms with Crippen LogP contribution in [0.4, 0.5) is 5.82 Å². The third-order valence-corrected chi connectivity index (χ3v) is 2.00. The third kappa shape index (κ3) is 2.75. The van der Waals surface area contributed by atoms with Gasteiger partial charge in [0.25, 0.3) is 5.91 Å². The molecule has 0 saturated heterocycles. The van der Waals surface area contributed by atoms with Crippen molar-refractivity contribution in [1.82, 2.24) is 15.0 Å². The third-order valence-electron chi connectivity index (χ3n) is 2.00. The normalized spacial score (nSPS) is 9.71. The summed E-state index contributed by atoms with van der Waals surface area (Å²) in [5.41, 5.74) is 0.259. The predicted molar refractivity (Wildman–Crippen MR) is 60.8 cm³/mol. The smallest absolute Gasteiger partial charge is 0.275 e. The van der Waals surface area contributed by atoms with Crippen LogP contribution in [0.1, 0.15) is 10.5 Å². The molecule has 0 aromatic carbocycles. The minimum atomic E-state index is -0.357. The predicted octanol–water partition coefficient (Wildman–Crippen LogP) is 1.13. The number of nitrogens with one attached hydrogen (secondary N) is 1. The lowest BCUT2D eigenvalue weighted by atomic mass is 10.3. The summed E-state index contributed by atoms with van der Waals surface area (Å²) in [5.74, 6) is 0.593. The highest BCUT2D eigenvalue weighted by Gasteiger charge is 2.09. The molecule has 0 spiro atoms. The first-order valence-electron chi connectivity index (χ1n) is 4.87. The number of hydrogen-bond donors (Lipinski definition) is 1. The molecule has 0 aliphatic carbocycles. The van der Waals surface area contributed by atoms with Crippen LogP contribution in [-0.2, 0) is 0 Å². The largest absolute Gasteiger partial charge is 0.497 e. The second-order valence-corrected chi connectivity index (χ2v) is 3.13. The fourth-order valence-corrected chi connectivity index (χ4v) is 1.21. The van der Waals surface area contributed by atoms with E-state index in [1.807, 2.05) is 0 Å². The van der Waals surface area contributed by atoms with Crippen LogP contribution in [-0.4, -0.2) is 28.0 Å². The Morgan fingerprint density at radius 2 is 2.18 bits per heavy atom. The highest BCUT2D eigenvalue weighted by atomic mass is 16.5. The molecule has 0 fully saturated rings. The number of carbonyl (C=O) groups excluding carboxylic acids is 1. The zero-order valence-electron chi connectivity index (χ0n) is 9.12. The maximum atomic E-state index is 11.8. The van der Waals surface area contributed by atoms with Gasteiger partial charge in [0.2, 0.25) is 0 Å². The van der Waals surface area contributed by atoms with Crippen molar-refractivity contribution in [2.45, 2.75) is 0 Å². The van der Waals surface area contributed by atoms with Crippen LogP contribution < -0.4 is 10.1 Å². The SMILES string of the molecule is COc1ccnc(C(=O)Nc2cnccn2)c1. The minimum absolute atomic E-state index is 0.259. The number of hydrogen-bond acceptors (Lipinski definition) is 5. The molecule has 1 N–H and O–H groups in total. The van der Waals surface area contributed by atoms with Gasteiger partial charge in [0, 0.05) is 24.7 Å².